The molecule has 0 amide bonds. The van der Waals surface area contributed by atoms with E-state index in [4.69, 9.17) is 5.73 Å². The highest BCUT2D eigenvalue weighted by molar-refractivity contribution is 5.26. The van der Waals surface area contributed by atoms with E-state index in [0.717, 1.165) is 12.8 Å². The first-order chi connectivity index (χ1) is 8.79. The minimum atomic E-state index is -0.243. The highest BCUT2D eigenvalue weighted by Crippen LogP contribution is 2.29. The van der Waals surface area contributed by atoms with Crippen LogP contribution in [0.5, 0.6) is 0 Å². The van der Waals surface area contributed by atoms with E-state index in [0.29, 0.717) is 6.54 Å². The summed E-state index contributed by atoms with van der Waals surface area (Å²) < 4.78 is 0. The molecule has 0 aromatic heterocycles. The van der Waals surface area contributed by atoms with E-state index in [9.17, 15) is 5.11 Å². The van der Waals surface area contributed by atoms with Crippen molar-refractivity contribution in [3.63, 3.8) is 0 Å². The quantitative estimate of drug-likeness (QED) is 0.660. The first kappa shape index (κ1) is 15.2. The summed E-state index contributed by atoms with van der Waals surface area (Å²) in [6.07, 6.45) is 7.22. The Hall–Kier alpha value is -0.860. The van der Waals surface area contributed by atoms with Gasteiger partial charge in [-0.25, -0.2) is 0 Å². The maximum absolute atomic E-state index is 9.75. The highest BCUT2D eigenvalue weighted by Gasteiger charge is 2.29. The van der Waals surface area contributed by atoms with Crippen molar-refractivity contribution in [2.24, 2.45) is 5.73 Å². The second kappa shape index (κ2) is 8.28. The van der Waals surface area contributed by atoms with Crippen LogP contribution in [0.15, 0.2) is 30.3 Å². The Morgan fingerprint density at radius 1 is 1.06 bits per heavy atom. The molecule has 102 valence electrons. The van der Waals surface area contributed by atoms with Gasteiger partial charge in [0.05, 0.1) is 6.61 Å². The maximum atomic E-state index is 9.75. The molecule has 0 heterocycles. The van der Waals surface area contributed by atoms with Crippen LogP contribution in [0.1, 0.15) is 51.0 Å². The van der Waals surface area contributed by atoms with E-state index >= 15 is 0 Å². The summed E-state index contributed by atoms with van der Waals surface area (Å²) in [6, 6.07) is 10.2. The van der Waals surface area contributed by atoms with Gasteiger partial charge in [-0.05, 0) is 12.0 Å². The van der Waals surface area contributed by atoms with Crippen LogP contribution < -0.4 is 5.73 Å². The summed E-state index contributed by atoms with van der Waals surface area (Å²) in [4.78, 5) is 0. The van der Waals surface area contributed by atoms with Crippen molar-refractivity contribution in [2.75, 3.05) is 13.2 Å². The largest absolute Gasteiger partial charge is 0.395 e. The molecule has 1 atom stereocenters. The minimum Gasteiger partial charge on any atom is -0.395 e. The number of aliphatic hydroxyl groups excluding tert-OH is 1. The molecule has 0 spiro atoms. The monoisotopic (exact) mass is 249 g/mol. The highest BCUT2D eigenvalue weighted by atomic mass is 16.3. The molecular formula is C16H27NO. The lowest BCUT2D eigenvalue weighted by Crippen LogP contribution is -2.38. The Labute approximate surface area is 111 Å². The predicted octanol–water partition coefficient (Wildman–Crippen LogP) is 3.24. The second-order valence-corrected chi connectivity index (χ2v) is 5.17. The van der Waals surface area contributed by atoms with Crippen LogP contribution in [-0.4, -0.2) is 18.3 Å². The Balaban J connectivity index is 2.58. The number of aliphatic hydroxyl groups is 1. The lowest BCUT2D eigenvalue weighted by atomic mass is 9.77. The number of benzene rings is 1. The lowest BCUT2D eigenvalue weighted by molar-refractivity contribution is 0.184. The van der Waals surface area contributed by atoms with Crippen molar-refractivity contribution < 1.29 is 5.11 Å². The first-order valence-corrected chi connectivity index (χ1v) is 7.15. The molecule has 1 unspecified atom stereocenters. The fraction of sp³-hybridized carbons (Fsp3) is 0.625. The Bertz CT molecular complexity index is 306. The van der Waals surface area contributed by atoms with Gasteiger partial charge in [0.2, 0.25) is 0 Å². The van der Waals surface area contributed by atoms with E-state index in [1.807, 2.05) is 18.2 Å². The van der Waals surface area contributed by atoms with Crippen LogP contribution in [-0.2, 0) is 5.41 Å². The standard InChI is InChI=1S/C16H27NO/c1-2-3-4-5-9-12-16(13-17,14-18)15-10-7-6-8-11-15/h6-8,10-11,18H,2-5,9,12-14,17H2,1H3. The first-order valence-electron chi connectivity index (χ1n) is 7.15. The Kier molecular flexibility index (Phi) is 6.99. The zero-order chi connectivity index (χ0) is 13.3. The summed E-state index contributed by atoms with van der Waals surface area (Å²) in [5.74, 6) is 0. The fourth-order valence-corrected chi connectivity index (χ4v) is 2.46. The predicted molar refractivity (Wildman–Crippen MR) is 77.6 cm³/mol. The molecule has 2 nitrogen and oxygen atoms in total. The summed E-state index contributed by atoms with van der Waals surface area (Å²) in [6.45, 7) is 2.88. The van der Waals surface area contributed by atoms with Crippen molar-refractivity contribution in [1.82, 2.24) is 0 Å². The van der Waals surface area contributed by atoms with Crippen LogP contribution in [0.25, 0.3) is 0 Å². The molecular weight excluding hydrogens is 222 g/mol. The molecule has 1 aromatic carbocycles. The van der Waals surface area contributed by atoms with Gasteiger partial charge in [0.25, 0.3) is 0 Å². The van der Waals surface area contributed by atoms with E-state index < -0.39 is 0 Å². The van der Waals surface area contributed by atoms with Crippen molar-refractivity contribution in [3.8, 4) is 0 Å². The molecule has 0 radical (unpaired) electrons. The van der Waals surface area contributed by atoms with Gasteiger partial charge in [-0.2, -0.15) is 0 Å². The Morgan fingerprint density at radius 3 is 2.28 bits per heavy atom. The third-order valence-electron chi connectivity index (χ3n) is 3.84. The third-order valence-corrected chi connectivity index (χ3v) is 3.84. The number of nitrogens with two attached hydrogens (primary N) is 1. The normalized spacial score (nSPS) is 14.4. The van der Waals surface area contributed by atoms with Crippen LogP contribution in [0.3, 0.4) is 0 Å². The van der Waals surface area contributed by atoms with E-state index in [1.54, 1.807) is 0 Å². The zero-order valence-electron chi connectivity index (χ0n) is 11.6. The van der Waals surface area contributed by atoms with Crippen LogP contribution in [0.2, 0.25) is 0 Å². The van der Waals surface area contributed by atoms with Gasteiger partial charge in [-0.1, -0.05) is 69.4 Å². The number of hydrogen-bond acceptors (Lipinski definition) is 2. The van der Waals surface area contributed by atoms with Gasteiger partial charge in [-0.3, -0.25) is 0 Å². The van der Waals surface area contributed by atoms with E-state index in [2.05, 4.69) is 19.1 Å². The molecule has 0 saturated carbocycles. The van der Waals surface area contributed by atoms with Crippen LogP contribution >= 0.6 is 0 Å². The average Bonchev–Trinajstić information content (AvgIpc) is 2.44. The number of rotatable bonds is 9. The molecule has 0 bridgehead atoms. The van der Waals surface area contributed by atoms with Crippen molar-refractivity contribution in [2.45, 2.75) is 50.9 Å². The average molecular weight is 249 g/mol. The van der Waals surface area contributed by atoms with Gasteiger partial charge in [0.15, 0.2) is 0 Å². The zero-order valence-corrected chi connectivity index (χ0v) is 11.6. The summed E-state index contributed by atoms with van der Waals surface area (Å²) in [7, 11) is 0. The second-order valence-electron chi connectivity index (χ2n) is 5.17. The van der Waals surface area contributed by atoms with E-state index in [-0.39, 0.29) is 12.0 Å². The van der Waals surface area contributed by atoms with Gasteiger partial charge < -0.3 is 10.8 Å². The van der Waals surface area contributed by atoms with Gasteiger partial charge in [-0.15, -0.1) is 0 Å². The summed E-state index contributed by atoms with van der Waals surface area (Å²) in [5.41, 5.74) is 6.86. The molecule has 0 aliphatic rings. The Morgan fingerprint density at radius 2 is 1.72 bits per heavy atom. The number of hydrogen-bond donors (Lipinski definition) is 2. The summed E-state index contributed by atoms with van der Waals surface area (Å²) in [5, 5.41) is 9.75. The van der Waals surface area contributed by atoms with Crippen molar-refractivity contribution in [1.29, 1.82) is 0 Å². The molecule has 18 heavy (non-hydrogen) atoms. The van der Waals surface area contributed by atoms with Gasteiger partial charge in [0.1, 0.15) is 0 Å². The maximum Gasteiger partial charge on any atom is 0.0540 e. The van der Waals surface area contributed by atoms with Crippen molar-refractivity contribution >= 4 is 0 Å². The molecule has 2 heteroatoms. The fourth-order valence-electron chi connectivity index (χ4n) is 2.46. The van der Waals surface area contributed by atoms with E-state index in [1.165, 1.54) is 31.2 Å². The van der Waals surface area contributed by atoms with Gasteiger partial charge in [0, 0.05) is 12.0 Å². The third kappa shape index (κ3) is 4.11. The molecule has 0 saturated heterocycles. The molecule has 0 aliphatic heterocycles. The van der Waals surface area contributed by atoms with Gasteiger partial charge >= 0.3 is 0 Å². The molecule has 0 aliphatic carbocycles. The molecule has 1 rings (SSSR count). The SMILES string of the molecule is CCCCCCCC(CN)(CO)c1ccccc1. The smallest absolute Gasteiger partial charge is 0.0540 e. The molecule has 1 aromatic rings. The molecule has 0 fully saturated rings. The van der Waals surface area contributed by atoms with Crippen LogP contribution in [0, 0.1) is 0 Å². The summed E-state index contributed by atoms with van der Waals surface area (Å²) >= 11 is 0. The minimum absolute atomic E-state index is 0.140. The van der Waals surface area contributed by atoms with Crippen molar-refractivity contribution in [3.05, 3.63) is 35.9 Å². The lowest BCUT2D eigenvalue weighted by Gasteiger charge is -2.31. The topological polar surface area (TPSA) is 46.2 Å². The number of unbranched alkanes of at least 4 members (excludes halogenated alkanes) is 4. The van der Waals surface area contributed by atoms with Crippen LogP contribution in [0.4, 0.5) is 0 Å². The molecule has 3 N–H and O–H groups in total.